The predicted octanol–water partition coefficient (Wildman–Crippen LogP) is 2.01. The van der Waals surface area contributed by atoms with Crippen LogP contribution in [0.2, 0.25) is 0 Å². The number of ether oxygens (including phenoxy) is 2. The summed E-state index contributed by atoms with van der Waals surface area (Å²) in [7, 11) is 0. The lowest BCUT2D eigenvalue weighted by Crippen LogP contribution is -2.53. The molecule has 0 aliphatic carbocycles. The molecular weight excluding hydrogens is 341 g/mol. The van der Waals surface area contributed by atoms with Crippen LogP contribution in [0, 0.1) is 0 Å². The van der Waals surface area contributed by atoms with Gasteiger partial charge in [0.25, 0.3) is 0 Å². The maximum atomic E-state index is 14.4. The van der Waals surface area contributed by atoms with Gasteiger partial charge >= 0.3 is 6.61 Å². The summed E-state index contributed by atoms with van der Waals surface area (Å²) in [5.74, 6) is 0.433. The smallest absolute Gasteiger partial charge is 0.388 e. The van der Waals surface area contributed by atoms with E-state index in [2.05, 4.69) is 35.5 Å². The molecule has 0 aromatic carbocycles. The molecule has 0 bridgehead atoms. The van der Waals surface area contributed by atoms with Gasteiger partial charge in [0.05, 0.1) is 12.4 Å². The lowest BCUT2D eigenvalue weighted by molar-refractivity contribution is -0.0528. The predicted molar refractivity (Wildman–Crippen MR) is 82.0 cm³/mol. The zero-order valence-electron chi connectivity index (χ0n) is 13.3. The van der Waals surface area contributed by atoms with Gasteiger partial charge in [-0.25, -0.2) is 9.49 Å². The Balaban J connectivity index is 1.66. The summed E-state index contributed by atoms with van der Waals surface area (Å²) in [5, 5.41) is 11.8. The second-order valence-electron chi connectivity index (χ2n) is 5.71. The highest BCUT2D eigenvalue weighted by atomic mass is 19.3. The van der Waals surface area contributed by atoms with Gasteiger partial charge in [-0.2, -0.15) is 18.9 Å². The fourth-order valence-electron chi connectivity index (χ4n) is 2.43. The van der Waals surface area contributed by atoms with Crippen molar-refractivity contribution in [2.45, 2.75) is 31.7 Å². The van der Waals surface area contributed by atoms with Gasteiger partial charge in [-0.1, -0.05) is 0 Å². The van der Waals surface area contributed by atoms with E-state index in [4.69, 9.17) is 4.74 Å². The van der Waals surface area contributed by atoms with Crippen molar-refractivity contribution in [2.75, 3.05) is 18.4 Å². The van der Waals surface area contributed by atoms with Gasteiger partial charge in [-0.05, 0) is 13.5 Å². The van der Waals surface area contributed by atoms with Crippen LogP contribution >= 0.6 is 0 Å². The molecule has 8 nitrogen and oxygen atoms in total. The third-order valence-corrected chi connectivity index (χ3v) is 3.63. The molecule has 2 aromatic rings. The Morgan fingerprint density at radius 1 is 1.36 bits per heavy atom. The summed E-state index contributed by atoms with van der Waals surface area (Å²) in [4.78, 5) is 8.14. The van der Waals surface area contributed by atoms with Crippen molar-refractivity contribution in [3.05, 3.63) is 18.5 Å². The van der Waals surface area contributed by atoms with E-state index in [1.807, 2.05) is 0 Å². The minimum Gasteiger partial charge on any atom is -0.470 e. The zero-order valence-corrected chi connectivity index (χ0v) is 13.3. The molecule has 0 radical (unpaired) electrons. The third-order valence-electron chi connectivity index (χ3n) is 3.63. The summed E-state index contributed by atoms with van der Waals surface area (Å²) in [6.07, 6.45) is 2.63. The number of nitrogens with zero attached hydrogens (tertiary/aromatic N) is 3. The van der Waals surface area contributed by atoms with Crippen LogP contribution < -0.4 is 20.1 Å². The van der Waals surface area contributed by atoms with Gasteiger partial charge in [0.2, 0.25) is 11.8 Å². The first-order chi connectivity index (χ1) is 11.9. The average Bonchev–Trinajstić information content (AvgIpc) is 2.96. The number of halogens is 3. The molecule has 1 aliphatic rings. The molecule has 1 aliphatic heterocycles. The second-order valence-corrected chi connectivity index (χ2v) is 5.71. The van der Waals surface area contributed by atoms with Gasteiger partial charge in [-0.3, -0.25) is 4.98 Å². The van der Waals surface area contributed by atoms with Gasteiger partial charge in [-0.15, -0.1) is 0 Å². The van der Waals surface area contributed by atoms with Crippen molar-refractivity contribution >= 4 is 11.6 Å². The molecule has 25 heavy (non-hydrogen) atoms. The largest absolute Gasteiger partial charge is 0.470 e. The first-order valence-corrected chi connectivity index (χ1v) is 7.58. The maximum Gasteiger partial charge on any atom is 0.388 e. The van der Waals surface area contributed by atoms with Crippen LogP contribution in [-0.2, 0) is 0 Å². The van der Waals surface area contributed by atoms with Crippen LogP contribution in [0.1, 0.15) is 13.3 Å². The number of anilines is 2. The second kappa shape index (κ2) is 7.13. The minimum atomic E-state index is -2.95. The van der Waals surface area contributed by atoms with Crippen molar-refractivity contribution in [1.82, 2.24) is 25.5 Å². The molecule has 2 atom stereocenters. The normalized spacial score (nSPS) is 23.5. The van der Waals surface area contributed by atoms with Crippen LogP contribution in [0.5, 0.6) is 11.8 Å². The number of aromatic nitrogens is 4. The molecule has 1 fully saturated rings. The molecule has 3 N–H and O–H groups in total. The molecule has 3 heterocycles. The number of alkyl halides is 3. The number of H-pyrrole nitrogens is 1. The maximum absolute atomic E-state index is 14.4. The minimum absolute atomic E-state index is 0.153. The Morgan fingerprint density at radius 2 is 2.20 bits per heavy atom. The van der Waals surface area contributed by atoms with Crippen molar-refractivity contribution < 1.29 is 22.6 Å². The van der Waals surface area contributed by atoms with E-state index in [1.54, 1.807) is 0 Å². The van der Waals surface area contributed by atoms with Gasteiger partial charge in [0, 0.05) is 19.0 Å². The topological polar surface area (TPSA) is 97.0 Å². The van der Waals surface area contributed by atoms with Crippen LogP contribution in [0.25, 0.3) is 0 Å². The van der Waals surface area contributed by atoms with E-state index in [-0.39, 0.29) is 29.9 Å². The molecule has 0 spiro atoms. The van der Waals surface area contributed by atoms with Crippen LogP contribution in [0.4, 0.5) is 24.8 Å². The zero-order chi connectivity index (χ0) is 17.9. The highest BCUT2D eigenvalue weighted by Gasteiger charge is 2.38. The van der Waals surface area contributed by atoms with E-state index < -0.39 is 18.4 Å². The SMILES string of the molecule is C[C@]1(F)CNCC[C@@H]1Oc1cncc(Nc2cc(OC(F)F)[nH]n2)n1. The highest BCUT2D eigenvalue weighted by Crippen LogP contribution is 2.26. The van der Waals surface area contributed by atoms with Crippen molar-refractivity contribution in [1.29, 1.82) is 0 Å². The summed E-state index contributed by atoms with van der Waals surface area (Å²) in [6, 6.07) is 1.24. The van der Waals surface area contributed by atoms with E-state index >= 15 is 0 Å². The van der Waals surface area contributed by atoms with Gasteiger partial charge < -0.3 is 20.1 Å². The Bertz CT molecular complexity index is 711. The monoisotopic (exact) mass is 358 g/mol. The molecule has 0 unspecified atom stereocenters. The third kappa shape index (κ3) is 4.50. The summed E-state index contributed by atoms with van der Waals surface area (Å²) in [5.41, 5.74) is -1.52. The highest BCUT2D eigenvalue weighted by molar-refractivity contribution is 5.52. The number of hydrogen-bond donors (Lipinski definition) is 3. The van der Waals surface area contributed by atoms with E-state index in [9.17, 15) is 13.2 Å². The fourth-order valence-corrected chi connectivity index (χ4v) is 2.43. The quantitative estimate of drug-likeness (QED) is 0.727. The van der Waals surface area contributed by atoms with E-state index in [1.165, 1.54) is 25.4 Å². The standard InChI is InChI=1S/C14H17F3N6O2/c1-14(17)7-18-3-2-8(14)24-12-6-19-5-10(21-12)20-9-4-11(23-22-9)25-13(15)16/h4-6,8,13,18H,2-3,7H2,1H3,(H2,20,21,22,23)/t8-,14-/m0/s1. The molecule has 136 valence electrons. The molecule has 2 aromatic heterocycles. The number of piperidine rings is 1. The summed E-state index contributed by atoms with van der Waals surface area (Å²) < 4.78 is 48.5. The molecule has 1 saturated heterocycles. The summed E-state index contributed by atoms with van der Waals surface area (Å²) in [6.45, 7) is -0.642. The average molecular weight is 358 g/mol. The lowest BCUT2D eigenvalue weighted by Gasteiger charge is -2.34. The van der Waals surface area contributed by atoms with Gasteiger partial charge in [0.15, 0.2) is 17.3 Å². The Kier molecular flexibility index (Phi) is 4.93. The van der Waals surface area contributed by atoms with E-state index in [0.717, 1.165) is 0 Å². The Hall–Kier alpha value is -2.56. The molecule has 11 heteroatoms. The van der Waals surface area contributed by atoms with Crippen molar-refractivity contribution in [3.63, 3.8) is 0 Å². The Labute approximate surface area is 141 Å². The summed E-state index contributed by atoms with van der Waals surface area (Å²) >= 11 is 0. The van der Waals surface area contributed by atoms with Crippen LogP contribution in [-0.4, -0.2) is 51.6 Å². The molecule has 3 rings (SSSR count). The Morgan fingerprint density at radius 3 is 2.96 bits per heavy atom. The van der Waals surface area contributed by atoms with Crippen LogP contribution in [0.15, 0.2) is 18.5 Å². The van der Waals surface area contributed by atoms with Crippen LogP contribution in [0.3, 0.4) is 0 Å². The number of hydrogen-bond acceptors (Lipinski definition) is 7. The number of nitrogens with one attached hydrogen (secondary N) is 3. The van der Waals surface area contributed by atoms with E-state index in [0.29, 0.717) is 13.0 Å². The first-order valence-electron chi connectivity index (χ1n) is 7.58. The lowest BCUT2D eigenvalue weighted by atomic mass is 9.95. The van der Waals surface area contributed by atoms with Gasteiger partial charge in [0.1, 0.15) is 6.10 Å². The molecular formula is C14H17F3N6O2. The first kappa shape index (κ1) is 17.3. The molecule has 0 amide bonds. The van der Waals surface area contributed by atoms with Crippen molar-refractivity contribution in [3.8, 4) is 11.8 Å². The fraction of sp³-hybridized carbons (Fsp3) is 0.500. The number of aromatic amines is 1. The molecule has 0 saturated carbocycles. The number of rotatable bonds is 6. The van der Waals surface area contributed by atoms with Crippen molar-refractivity contribution in [2.24, 2.45) is 0 Å².